The number of furan rings is 1. The van der Waals surface area contributed by atoms with Crippen LogP contribution in [0.15, 0.2) is 27.9 Å². The van der Waals surface area contributed by atoms with Crippen molar-refractivity contribution in [3.8, 4) is 0 Å². The van der Waals surface area contributed by atoms with Crippen molar-refractivity contribution in [2.24, 2.45) is 5.92 Å². The summed E-state index contributed by atoms with van der Waals surface area (Å²) < 4.78 is 30.8. The number of aliphatic hydroxyl groups is 1. The molecule has 0 amide bonds. The van der Waals surface area contributed by atoms with Crippen LogP contribution in [0.4, 0.5) is 0 Å². The van der Waals surface area contributed by atoms with E-state index in [2.05, 4.69) is 13.0 Å². The van der Waals surface area contributed by atoms with Crippen LogP contribution in [0, 0.1) is 12.8 Å². The zero-order chi connectivity index (χ0) is 22.4. The Hall–Kier alpha value is -1.92. The number of hydrogen-bond donors (Lipinski definition) is 1. The van der Waals surface area contributed by atoms with Gasteiger partial charge in [0.2, 0.25) is 14.9 Å². The van der Waals surface area contributed by atoms with E-state index in [1.807, 2.05) is 0 Å². The number of sulfone groups is 1. The Bertz CT molecular complexity index is 1100. The zero-order valence-corrected chi connectivity index (χ0v) is 19.5. The third-order valence-corrected chi connectivity index (χ3v) is 8.42. The van der Waals surface area contributed by atoms with Gasteiger partial charge in [-0.1, -0.05) is 25.3 Å². The number of ketones is 1. The van der Waals surface area contributed by atoms with Gasteiger partial charge in [-0.2, -0.15) is 0 Å². The highest BCUT2D eigenvalue weighted by Gasteiger charge is 2.29. The summed E-state index contributed by atoms with van der Waals surface area (Å²) in [6, 6.07) is 3.59. The number of carbonyl (C=O) groups is 1. The maximum Gasteiger partial charge on any atom is 0.218 e. The van der Waals surface area contributed by atoms with Gasteiger partial charge in [-0.05, 0) is 80.2 Å². The summed E-state index contributed by atoms with van der Waals surface area (Å²) in [4.78, 5) is 13.0. The van der Waals surface area contributed by atoms with E-state index >= 15 is 0 Å². The van der Waals surface area contributed by atoms with Crippen molar-refractivity contribution in [3.05, 3.63) is 51.8 Å². The number of benzene rings is 1. The minimum atomic E-state index is -3.90. The van der Waals surface area contributed by atoms with Crippen LogP contribution in [-0.2, 0) is 45.9 Å². The zero-order valence-electron chi connectivity index (χ0n) is 18.7. The lowest BCUT2D eigenvalue weighted by Crippen LogP contribution is -2.21. The summed E-state index contributed by atoms with van der Waals surface area (Å²) >= 11 is 0. The highest BCUT2D eigenvalue weighted by atomic mass is 32.2. The van der Waals surface area contributed by atoms with E-state index in [0.717, 1.165) is 31.2 Å². The molecule has 1 heterocycles. The fourth-order valence-corrected chi connectivity index (χ4v) is 6.02. The Balaban J connectivity index is 1.57. The highest BCUT2D eigenvalue weighted by Crippen LogP contribution is 2.36. The standard InChI is InChI=1S/C25H32O5S/c1-16-10-18-8-5-9-21(18)23(22(16)11-17-6-4-7-17)13-20(26)15-31(28,29)24-12-19(14-30-24)25(2,3)27/h10,12,14,17,27H,4-9,11,13,15H2,1-3H3. The minimum Gasteiger partial charge on any atom is -0.453 e. The number of Topliss-reactive ketones (excluding diaryl/α,β-unsaturated/α-hetero) is 1. The van der Waals surface area contributed by atoms with Crippen molar-refractivity contribution in [1.29, 1.82) is 0 Å². The lowest BCUT2D eigenvalue weighted by molar-refractivity contribution is -0.116. The van der Waals surface area contributed by atoms with Crippen LogP contribution in [0.3, 0.4) is 0 Å². The van der Waals surface area contributed by atoms with E-state index in [4.69, 9.17) is 4.42 Å². The second-order valence-corrected chi connectivity index (χ2v) is 11.8. The summed E-state index contributed by atoms with van der Waals surface area (Å²) in [5, 5.41) is 9.80. The fourth-order valence-electron chi connectivity index (χ4n) is 4.85. The van der Waals surface area contributed by atoms with Crippen molar-refractivity contribution in [2.45, 2.75) is 82.8 Å². The van der Waals surface area contributed by atoms with Crippen molar-refractivity contribution >= 4 is 15.6 Å². The first kappa shape index (κ1) is 22.3. The maximum atomic E-state index is 13.0. The van der Waals surface area contributed by atoms with Crippen LogP contribution in [0.5, 0.6) is 0 Å². The third kappa shape index (κ3) is 4.65. The van der Waals surface area contributed by atoms with E-state index in [0.29, 0.717) is 11.5 Å². The molecular weight excluding hydrogens is 412 g/mol. The van der Waals surface area contributed by atoms with E-state index in [9.17, 15) is 18.3 Å². The topological polar surface area (TPSA) is 84.6 Å². The summed E-state index contributed by atoms with van der Waals surface area (Å²) in [5.74, 6) is -0.216. The third-order valence-electron chi connectivity index (χ3n) is 6.89. The van der Waals surface area contributed by atoms with Gasteiger partial charge in [-0.3, -0.25) is 4.79 Å². The number of carbonyl (C=O) groups excluding carboxylic acids is 1. The molecule has 1 aromatic carbocycles. The van der Waals surface area contributed by atoms with Gasteiger partial charge >= 0.3 is 0 Å². The van der Waals surface area contributed by atoms with Crippen molar-refractivity contribution in [3.63, 3.8) is 0 Å². The molecular formula is C25H32O5S. The number of aryl methyl sites for hydroxylation is 2. The first-order valence-electron chi connectivity index (χ1n) is 11.2. The molecule has 4 rings (SSSR count). The van der Waals surface area contributed by atoms with Crippen LogP contribution in [0.25, 0.3) is 0 Å². The smallest absolute Gasteiger partial charge is 0.218 e. The van der Waals surface area contributed by atoms with E-state index in [-0.39, 0.29) is 17.3 Å². The van der Waals surface area contributed by atoms with Gasteiger partial charge in [-0.15, -0.1) is 0 Å². The van der Waals surface area contributed by atoms with Gasteiger partial charge < -0.3 is 9.52 Å². The Morgan fingerprint density at radius 1 is 1.16 bits per heavy atom. The number of rotatable bonds is 8. The molecule has 5 nitrogen and oxygen atoms in total. The Morgan fingerprint density at radius 2 is 1.90 bits per heavy atom. The molecule has 2 aliphatic carbocycles. The summed E-state index contributed by atoms with van der Waals surface area (Å²) in [6.45, 7) is 5.24. The monoisotopic (exact) mass is 444 g/mol. The fraction of sp³-hybridized carbons (Fsp3) is 0.560. The molecule has 31 heavy (non-hydrogen) atoms. The van der Waals surface area contributed by atoms with Crippen LogP contribution < -0.4 is 0 Å². The van der Waals surface area contributed by atoms with Crippen LogP contribution in [-0.4, -0.2) is 25.1 Å². The Kier molecular flexibility index (Phi) is 5.90. The van der Waals surface area contributed by atoms with Crippen molar-refractivity contribution < 1.29 is 22.7 Å². The highest BCUT2D eigenvalue weighted by molar-refractivity contribution is 7.92. The molecule has 1 aromatic heterocycles. The van der Waals surface area contributed by atoms with E-state index in [1.54, 1.807) is 13.8 Å². The molecule has 2 aliphatic rings. The average Bonchev–Trinajstić information content (AvgIpc) is 3.28. The molecule has 1 fully saturated rings. The van der Waals surface area contributed by atoms with Crippen molar-refractivity contribution in [2.75, 3.05) is 5.75 Å². The molecule has 6 heteroatoms. The molecule has 0 saturated heterocycles. The molecule has 0 radical (unpaired) electrons. The van der Waals surface area contributed by atoms with Crippen LogP contribution in [0.1, 0.15) is 72.9 Å². The van der Waals surface area contributed by atoms with Gasteiger partial charge in [-0.25, -0.2) is 8.42 Å². The van der Waals surface area contributed by atoms with Crippen molar-refractivity contribution in [1.82, 2.24) is 0 Å². The normalized spacial score (nSPS) is 16.9. The first-order chi connectivity index (χ1) is 14.5. The van der Waals surface area contributed by atoms with Gasteiger partial charge in [0, 0.05) is 18.1 Å². The van der Waals surface area contributed by atoms with Gasteiger partial charge in [0.15, 0.2) is 5.78 Å². The SMILES string of the molecule is Cc1cc2c(c(CC(=O)CS(=O)(=O)c3cc(C(C)(C)O)co3)c1CC1CCC1)CCC2. The maximum absolute atomic E-state index is 13.0. The minimum absolute atomic E-state index is 0.157. The lowest BCUT2D eigenvalue weighted by atomic mass is 9.77. The largest absolute Gasteiger partial charge is 0.453 e. The predicted molar refractivity (Wildman–Crippen MR) is 119 cm³/mol. The quantitative estimate of drug-likeness (QED) is 0.659. The number of fused-ring (bicyclic) bond motifs is 1. The van der Waals surface area contributed by atoms with Gasteiger partial charge in [0.05, 0.1) is 11.9 Å². The molecule has 1 N–H and O–H groups in total. The molecule has 0 aliphatic heterocycles. The second-order valence-electron chi connectivity index (χ2n) is 9.83. The molecule has 168 valence electrons. The van der Waals surface area contributed by atoms with Crippen LogP contribution in [0.2, 0.25) is 0 Å². The molecule has 2 aromatic rings. The average molecular weight is 445 g/mol. The second kappa shape index (κ2) is 8.21. The predicted octanol–water partition coefficient (Wildman–Crippen LogP) is 4.23. The van der Waals surface area contributed by atoms with Crippen LogP contribution >= 0.6 is 0 Å². The number of hydrogen-bond acceptors (Lipinski definition) is 5. The molecule has 0 atom stereocenters. The first-order valence-corrected chi connectivity index (χ1v) is 12.9. The molecule has 0 spiro atoms. The van der Waals surface area contributed by atoms with Gasteiger partial charge in [0.1, 0.15) is 5.75 Å². The lowest BCUT2D eigenvalue weighted by Gasteiger charge is -2.28. The van der Waals surface area contributed by atoms with Gasteiger partial charge in [0.25, 0.3) is 0 Å². The summed E-state index contributed by atoms with van der Waals surface area (Å²) in [7, 11) is -3.90. The summed E-state index contributed by atoms with van der Waals surface area (Å²) in [6.07, 6.45) is 9.22. The summed E-state index contributed by atoms with van der Waals surface area (Å²) in [5.41, 5.74) is 5.33. The van der Waals surface area contributed by atoms with E-state index < -0.39 is 21.2 Å². The molecule has 0 unspecified atom stereocenters. The molecule has 1 saturated carbocycles. The Morgan fingerprint density at radius 3 is 2.52 bits per heavy atom. The molecule has 0 bridgehead atoms. The van der Waals surface area contributed by atoms with E-state index in [1.165, 1.54) is 53.8 Å². The Labute approximate surface area is 184 Å².